The number of carbonyl (C=O) groups is 2. The number of benzene rings is 4. The first-order valence-corrected chi connectivity index (χ1v) is 16.5. The van der Waals surface area contributed by atoms with Crippen LogP contribution in [0.15, 0.2) is 108 Å². The molecule has 2 amide bonds. The van der Waals surface area contributed by atoms with Crippen molar-refractivity contribution < 1.29 is 22.4 Å². The molecule has 0 spiro atoms. The van der Waals surface area contributed by atoms with Gasteiger partial charge < -0.3 is 10.2 Å². The molecule has 0 aliphatic rings. The molecule has 7 nitrogen and oxygen atoms in total. The molecule has 0 radical (unpaired) electrons. The Morgan fingerprint density at radius 3 is 2.16 bits per heavy atom. The third-order valence-corrected chi connectivity index (χ3v) is 9.54. The van der Waals surface area contributed by atoms with Gasteiger partial charge in [-0.15, -0.1) is 0 Å². The van der Waals surface area contributed by atoms with Gasteiger partial charge in [-0.05, 0) is 79.9 Å². The number of hydrogen-bond acceptors (Lipinski definition) is 4. The molecule has 236 valence electrons. The number of sulfonamides is 1. The molecule has 0 bridgehead atoms. The molecular formula is C35H37ClFN3O4S. The van der Waals surface area contributed by atoms with Crippen LogP contribution in [0.25, 0.3) is 0 Å². The Bertz CT molecular complexity index is 1700. The van der Waals surface area contributed by atoms with Gasteiger partial charge in [-0.1, -0.05) is 78.7 Å². The van der Waals surface area contributed by atoms with E-state index in [0.717, 1.165) is 39.7 Å². The van der Waals surface area contributed by atoms with Crippen molar-refractivity contribution in [3.05, 3.63) is 131 Å². The zero-order chi connectivity index (χ0) is 32.6. The molecule has 4 rings (SSSR count). The zero-order valence-corrected chi connectivity index (χ0v) is 27.1. The molecule has 45 heavy (non-hydrogen) atoms. The van der Waals surface area contributed by atoms with E-state index in [0.29, 0.717) is 17.0 Å². The molecule has 0 fully saturated rings. The van der Waals surface area contributed by atoms with Crippen molar-refractivity contribution in [2.24, 2.45) is 0 Å². The highest BCUT2D eigenvalue weighted by Crippen LogP contribution is 2.26. The minimum Gasteiger partial charge on any atom is -0.352 e. The summed E-state index contributed by atoms with van der Waals surface area (Å²) in [6.07, 6.45) is 0.883. The number of amides is 2. The number of nitrogens with zero attached hydrogens (tertiary/aromatic N) is 2. The van der Waals surface area contributed by atoms with E-state index >= 15 is 0 Å². The molecule has 10 heteroatoms. The zero-order valence-electron chi connectivity index (χ0n) is 25.5. The second-order valence-electron chi connectivity index (χ2n) is 11.0. The molecule has 4 aromatic rings. The first kappa shape index (κ1) is 33.7. The topological polar surface area (TPSA) is 86.8 Å². The smallest absolute Gasteiger partial charge is 0.264 e. The Labute approximate surface area is 269 Å². The van der Waals surface area contributed by atoms with Gasteiger partial charge in [0.25, 0.3) is 10.0 Å². The lowest BCUT2D eigenvalue weighted by molar-refractivity contribution is -0.140. The van der Waals surface area contributed by atoms with Crippen LogP contribution in [0.1, 0.15) is 37.0 Å². The van der Waals surface area contributed by atoms with Gasteiger partial charge in [-0.2, -0.15) is 0 Å². The lowest BCUT2D eigenvalue weighted by Crippen LogP contribution is -2.54. The first-order chi connectivity index (χ1) is 21.5. The van der Waals surface area contributed by atoms with Gasteiger partial charge in [0.15, 0.2) is 0 Å². The minimum absolute atomic E-state index is 0.00313. The lowest BCUT2D eigenvalue weighted by atomic mass is 10.0. The molecular weight excluding hydrogens is 613 g/mol. The second-order valence-corrected chi connectivity index (χ2v) is 13.3. The van der Waals surface area contributed by atoms with Crippen molar-refractivity contribution in [3.63, 3.8) is 0 Å². The molecule has 0 saturated heterocycles. The van der Waals surface area contributed by atoms with Crippen molar-refractivity contribution in [1.29, 1.82) is 0 Å². The van der Waals surface area contributed by atoms with Crippen LogP contribution in [0, 0.1) is 12.7 Å². The van der Waals surface area contributed by atoms with Crippen molar-refractivity contribution >= 4 is 39.1 Å². The summed E-state index contributed by atoms with van der Waals surface area (Å²) in [5, 5.41) is 3.47. The molecule has 0 saturated carbocycles. The number of aryl methyl sites for hydroxylation is 1. The first-order valence-electron chi connectivity index (χ1n) is 14.7. The number of nitrogens with one attached hydrogen (secondary N) is 1. The highest BCUT2D eigenvalue weighted by Gasteiger charge is 2.35. The summed E-state index contributed by atoms with van der Waals surface area (Å²) in [5.41, 5.74) is 2.66. The summed E-state index contributed by atoms with van der Waals surface area (Å²) in [6.45, 7) is 5.10. The van der Waals surface area contributed by atoms with Crippen molar-refractivity contribution in [1.82, 2.24) is 10.2 Å². The van der Waals surface area contributed by atoms with Gasteiger partial charge in [-0.3, -0.25) is 13.9 Å². The Hall–Kier alpha value is -4.21. The van der Waals surface area contributed by atoms with Gasteiger partial charge in [0.2, 0.25) is 11.8 Å². The van der Waals surface area contributed by atoms with Gasteiger partial charge in [-0.25, -0.2) is 12.8 Å². The third-order valence-electron chi connectivity index (χ3n) is 7.52. The van der Waals surface area contributed by atoms with Crippen LogP contribution in [-0.4, -0.2) is 43.8 Å². The van der Waals surface area contributed by atoms with Crippen molar-refractivity contribution in [2.45, 2.75) is 57.1 Å². The summed E-state index contributed by atoms with van der Waals surface area (Å²) >= 11 is 6.29. The Kier molecular flexibility index (Phi) is 11.4. The summed E-state index contributed by atoms with van der Waals surface area (Å²) in [5.74, 6) is -1.54. The van der Waals surface area contributed by atoms with E-state index < -0.39 is 34.3 Å². The molecule has 0 heterocycles. The van der Waals surface area contributed by atoms with Crippen molar-refractivity contribution in [2.75, 3.05) is 10.8 Å². The second kappa shape index (κ2) is 15.2. The predicted octanol–water partition coefficient (Wildman–Crippen LogP) is 6.54. The fraction of sp³-hybridized carbons (Fsp3) is 0.257. The SMILES string of the molecule is CC[C@H](C)NC(=O)[C@H](Cc1ccccc1)N(Cc1cccc(Cl)c1)C(=O)CN(c1ccc(C)cc1)S(=O)(=O)c1ccc(F)cc1. The molecule has 1 N–H and O–H groups in total. The molecule has 4 aromatic carbocycles. The molecule has 0 aliphatic carbocycles. The fourth-order valence-electron chi connectivity index (χ4n) is 4.80. The predicted molar refractivity (Wildman–Crippen MR) is 176 cm³/mol. The lowest BCUT2D eigenvalue weighted by Gasteiger charge is -2.34. The number of rotatable bonds is 13. The fourth-order valence-corrected chi connectivity index (χ4v) is 6.43. The average molecular weight is 650 g/mol. The Balaban J connectivity index is 1.80. The number of carbonyl (C=O) groups excluding carboxylic acids is 2. The van der Waals surface area contributed by atoms with E-state index in [4.69, 9.17) is 11.6 Å². The Morgan fingerprint density at radius 1 is 0.889 bits per heavy atom. The van der Waals surface area contributed by atoms with Crippen LogP contribution >= 0.6 is 11.6 Å². The van der Waals surface area contributed by atoms with E-state index in [1.165, 1.54) is 4.90 Å². The largest absolute Gasteiger partial charge is 0.352 e. The average Bonchev–Trinajstić information content (AvgIpc) is 3.02. The van der Waals surface area contributed by atoms with Gasteiger partial charge >= 0.3 is 0 Å². The molecule has 0 aromatic heterocycles. The van der Waals surface area contributed by atoms with Crippen LogP contribution in [0.4, 0.5) is 10.1 Å². The van der Waals surface area contributed by atoms with Gasteiger partial charge in [0, 0.05) is 24.0 Å². The summed E-state index contributed by atoms with van der Waals surface area (Å²) in [6, 6.07) is 26.3. The number of halogens is 2. The van der Waals surface area contributed by atoms with Gasteiger partial charge in [0.05, 0.1) is 10.6 Å². The molecule has 0 unspecified atom stereocenters. The highest BCUT2D eigenvalue weighted by atomic mass is 35.5. The van der Waals surface area contributed by atoms with Crippen LogP contribution in [0.5, 0.6) is 0 Å². The van der Waals surface area contributed by atoms with Crippen molar-refractivity contribution in [3.8, 4) is 0 Å². The van der Waals surface area contributed by atoms with E-state index in [-0.39, 0.29) is 35.5 Å². The standard InChI is InChI=1S/C35H37ClFN3O4S/c1-4-26(3)38-35(42)33(22-27-9-6-5-7-10-27)39(23-28-11-8-12-29(36)21-28)34(41)24-40(31-17-13-25(2)14-18-31)45(43,44)32-19-15-30(37)16-20-32/h5-21,26,33H,4,22-24H2,1-3H3,(H,38,42)/t26-,33-/m0/s1. The highest BCUT2D eigenvalue weighted by molar-refractivity contribution is 7.92. The summed E-state index contributed by atoms with van der Waals surface area (Å²) < 4.78 is 42.7. The van der Waals surface area contributed by atoms with Crippen LogP contribution < -0.4 is 9.62 Å². The van der Waals surface area contributed by atoms with E-state index in [9.17, 15) is 22.4 Å². The van der Waals surface area contributed by atoms with Gasteiger partial charge in [0.1, 0.15) is 18.4 Å². The maximum absolute atomic E-state index is 14.5. The van der Waals surface area contributed by atoms with E-state index in [2.05, 4.69) is 5.32 Å². The summed E-state index contributed by atoms with van der Waals surface area (Å²) in [7, 11) is -4.32. The quantitative estimate of drug-likeness (QED) is 0.178. The van der Waals surface area contributed by atoms with Crippen LogP contribution in [0.2, 0.25) is 5.02 Å². The summed E-state index contributed by atoms with van der Waals surface area (Å²) in [4.78, 5) is 29.6. The Morgan fingerprint density at radius 2 is 1.53 bits per heavy atom. The number of hydrogen-bond donors (Lipinski definition) is 1. The van der Waals surface area contributed by atoms with Crippen LogP contribution in [0.3, 0.4) is 0 Å². The third kappa shape index (κ3) is 8.93. The molecule has 0 aliphatic heterocycles. The van der Waals surface area contributed by atoms with E-state index in [1.807, 2.05) is 51.1 Å². The maximum atomic E-state index is 14.5. The monoisotopic (exact) mass is 649 g/mol. The van der Waals surface area contributed by atoms with E-state index in [1.54, 1.807) is 48.5 Å². The maximum Gasteiger partial charge on any atom is 0.264 e. The molecule has 2 atom stereocenters. The number of anilines is 1. The normalized spacial score (nSPS) is 12.6. The van der Waals surface area contributed by atoms with Crippen LogP contribution in [-0.2, 0) is 32.6 Å². The minimum atomic E-state index is -4.32.